The van der Waals surface area contributed by atoms with Crippen molar-refractivity contribution in [3.8, 4) is 0 Å². The monoisotopic (exact) mass is 387 g/mol. The van der Waals surface area contributed by atoms with E-state index in [0.717, 1.165) is 44.1 Å². The molecule has 2 fully saturated rings. The highest BCUT2D eigenvalue weighted by molar-refractivity contribution is 5.87. The molecule has 28 heavy (non-hydrogen) atoms. The van der Waals surface area contributed by atoms with Crippen LogP contribution in [0.4, 0.5) is 4.39 Å². The summed E-state index contributed by atoms with van der Waals surface area (Å²) in [6.45, 7) is 2.94. The summed E-state index contributed by atoms with van der Waals surface area (Å²) in [5, 5.41) is 2.87. The fourth-order valence-electron chi connectivity index (χ4n) is 6.22. The van der Waals surface area contributed by atoms with E-state index >= 15 is 0 Å². The molecule has 0 aromatic heterocycles. The van der Waals surface area contributed by atoms with Gasteiger partial charge in [0.05, 0.1) is 12.6 Å². The quantitative estimate of drug-likeness (QED) is 0.822. The SMILES string of the molecule is CC(=O)NC(COCF)c1ccc2c(c1)CC[C@@H]1[C@@H]2CC[C@]2(C)C(=O)CC[C@@H]12. The Balaban J connectivity index is 1.59. The normalized spacial score (nSPS) is 32.2. The molecule has 1 unspecified atom stereocenters. The molecule has 4 nitrogen and oxygen atoms in total. The van der Waals surface area contributed by atoms with E-state index in [1.807, 2.05) is 0 Å². The first kappa shape index (κ1) is 19.6. The van der Waals surface area contributed by atoms with Crippen LogP contribution in [-0.2, 0) is 20.7 Å². The van der Waals surface area contributed by atoms with Crippen LogP contribution in [0.2, 0.25) is 0 Å². The predicted molar refractivity (Wildman–Crippen MR) is 105 cm³/mol. The number of ketones is 1. The molecule has 1 aromatic carbocycles. The van der Waals surface area contributed by atoms with Gasteiger partial charge in [0.25, 0.3) is 0 Å². The molecule has 0 aliphatic heterocycles. The molecule has 3 aliphatic rings. The molecule has 0 heterocycles. The Morgan fingerprint density at radius 1 is 1.32 bits per heavy atom. The van der Waals surface area contributed by atoms with Crippen molar-refractivity contribution < 1.29 is 18.7 Å². The van der Waals surface area contributed by atoms with E-state index in [1.54, 1.807) is 0 Å². The van der Waals surface area contributed by atoms with Gasteiger partial charge in [-0.1, -0.05) is 25.1 Å². The Morgan fingerprint density at radius 3 is 2.89 bits per heavy atom. The Bertz CT molecular complexity index is 779. The number of amides is 1. The standard InChI is InChI=1S/C23H30FNO3/c1-14(26)25-21(12-28-13-24)16-4-5-17-15(11-16)3-6-19-18(17)9-10-23(2)20(19)7-8-22(23)27/h4-5,11,18-21H,3,6-10,12-13H2,1-2H3,(H,25,26)/t18-,19-,20+,21?,23+/m1/s1. The summed E-state index contributed by atoms with van der Waals surface area (Å²) in [7, 11) is 0. The molecule has 2 saturated carbocycles. The lowest BCUT2D eigenvalue weighted by molar-refractivity contribution is -0.129. The minimum absolute atomic E-state index is 0.0984. The summed E-state index contributed by atoms with van der Waals surface area (Å²) < 4.78 is 17.4. The summed E-state index contributed by atoms with van der Waals surface area (Å²) >= 11 is 0. The zero-order valence-corrected chi connectivity index (χ0v) is 16.8. The number of Topliss-reactive ketones (excluding diaryl/α,β-unsaturated/α-hetero) is 1. The molecular weight excluding hydrogens is 357 g/mol. The molecule has 5 heteroatoms. The van der Waals surface area contributed by atoms with Gasteiger partial charge in [0, 0.05) is 18.8 Å². The number of halogens is 1. The molecule has 1 aromatic rings. The zero-order chi connectivity index (χ0) is 19.9. The second-order valence-electron chi connectivity index (χ2n) is 9.02. The molecule has 1 N–H and O–H groups in total. The number of rotatable bonds is 5. The fourth-order valence-corrected chi connectivity index (χ4v) is 6.22. The summed E-state index contributed by atoms with van der Waals surface area (Å²) in [6, 6.07) is 6.09. The van der Waals surface area contributed by atoms with Crippen molar-refractivity contribution in [1.82, 2.24) is 5.32 Å². The maximum Gasteiger partial charge on any atom is 0.217 e. The number of nitrogens with one attached hydrogen (secondary N) is 1. The van der Waals surface area contributed by atoms with Crippen LogP contribution in [0, 0.1) is 17.3 Å². The van der Waals surface area contributed by atoms with Crippen LogP contribution in [0.5, 0.6) is 0 Å². The minimum atomic E-state index is -0.857. The number of ether oxygens (including phenoxy) is 1. The Labute approximate surface area is 166 Å². The number of benzene rings is 1. The second kappa shape index (κ2) is 7.58. The molecule has 0 saturated heterocycles. The van der Waals surface area contributed by atoms with E-state index in [0.29, 0.717) is 23.5 Å². The van der Waals surface area contributed by atoms with Crippen molar-refractivity contribution >= 4 is 11.7 Å². The third-order valence-corrected chi connectivity index (χ3v) is 7.60. The molecule has 0 radical (unpaired) electrons. The number of carbonyl (C=O) groups excluding carboxylic acids is 2. The van der Waals surface area contributed by atoms with Crippen LogP contribution in [0.15, 0.2) is 18.2 Å². The molecule has 0 spiro atoms. The van der Waals surface area contributed by atoms with Gasteiger partial charge in [-0.15, -0.1) is 0 Å². The number of carbonyl (C=O) groups is 2. The average Bonchev–Trinajstić information content (AvgIpc) is 2.99. The highest BCUT2D eigenvalue weighted by Gasteiger charge is 2.54. The van der Waals surface area contributed by atoms with Crippen LogP contribution >= 0.6 is 0 Å². The van der Waals surface area contributed by atoms with Gasteiger partial charge in [-0.05, 0) is 66.5 Å². The number of alkyl halides is 1. The highest BCUT2D eigenvalue weighted by Crippen LogP contribution is 2.59. The van der Waals surface area contributed by atoms with Crippen molar-refractivity contribution in [2.24, 2.45) is 17.3 Å². The third kappa shape index (κ3) is 3.28. The van der Waals surface area contributed by atoms with Gasteiger partial charge >= 0.3 is 0 Å². The number of fused-ring (bicyclic) bond motifs is 5. The maximum atomic E-state index is 12.5. The molecule has 0 bridgehead atoms. The first-order valence-corrected chi connectivity index (χ1v) is 10.5. The number of hydrogen-bond acceptors (Lipinski definition) is 3. The maximum absolute atomic E-state index is 12.5. The van der Waals surface area contributed by atoms with Crippen molar-refractivity contribution in [1.29, 1.82) is 0 Å². The van der Waals surface area contributed by atoms with E-state index in [9.17, 15) is 14.0 Å². The zero-order valence-electron chi connectivity index (χ0n) is 16.8. The van der Waals surface area contributed by atoms with Gasteiger partial charge in [-0.3, -0.25) is 9.59 Å². The topological polar surface area (TPSA) is 55.4 Å². The molecule has 152 valence electrons. The summed E-state index contributed by atoms with van der Waals surface area (Å²) in [5.74, 6) is 1.98. The van der Waals surface area contributed by atoms with E-state index < -0.39 is 6.86 Å². The van der Waals surface area contributed by atoms with E-state index in [1.165, 1.54) is 18.1 Å². The Morgan fingerprint density at radius 2 is 2.14 bits per heavy atom. The van der Waals surface area contributed by atoms with Gasteiger partial charge in [0.1, 0.15) is 5.78 Å². The van der Waals surface area contributed by atoms with Gasteiger partial charge in [-0.25, -0.2) is 4.39 Å². The molecule has 5 atom stereocenters. The second-order valence-corrected chi connectivity index (χ2v) is 9.02. The first-order chi connectivity index (χ1) is 13.4. The van der Waals surface area contributed by atoms with Gasteiger partial charge in [-0.2, -0.15) is 0 Å². The summed E-state index contributed by atoms with van der Waals surface area (Å²) in [5.41, 5.74) is 3.62. The van der Waals surface area contributed by atoms with Gasteiger partial charge in [0.15, 0.2) is 6.86 Å². The predicted octanol–water partition coefficient (Wildman–Crippen LogP) is 4.23. The van der Waals surface area contributed by atoms with Crippen LogP contribution in [-0.4, -0.2) is 25.2 Å². The largest absolute Gasteiger partial charge is 0.348 e. The Hall–Kier alpha value is -1.75. The lowest BCUT2D eigenvalue weighted by Gasteiger charge is -2.48. The molecule has 4 rings (SSSR count). The lowest BCUT2D eigenvalue weighted by Crippen LogP contribution is -2.42. The van der Waals surface area contributed by atoms with Gasteiger partial charge < -0.3 is 10.1 Å². The highest BCUT2D eigenvalue weighted by atomic mass is 19.1. The third-order valence-electron chi connectivity index (χ3n) is 7.60. The van der Waals surface area contributed by atoms with E-state index in [2.05, 4.69) is 30.4 Å². The molecule has 1 amide bonds. The van der Waals surface area contributed by atoms with Crippen molar-refractivity contribution in [2.75, 3.05) is 13.5 Å². The average molecular weight is 387 g/mol. The molecular formula is C23H30FNO3. The Kier molecular flexibility index (Phi) is 5.30. The smallest absolute Gasteiger partial charge is 0.217 e. The van der Waals surface area contributed by atoms with Crippen LogP contribution in [0.1, 0.15) is 74.6 Å². The van der Waals surface area contributed by atoms with Crippen LogP contribution in [0.25, 0.3) is 0 Å². The van der Waals surface area contributed by atoms with Crippen molar-refractivity contribution in [3.63, 3.8) is 0 Å². The van der Waals surface area contributed by atoms with Crippen LogP contribution in [0.3, 0.4) is 0 Å². The minimum Gasteiger partial charge on any atom is -0.348 e. The van der Waals surface area contributed by atoms with Gasteiger partial charge in [0.2, 0.25) is 5.91 Å². The number of hydrogen-bond donors (Lipinski definition) is 1. The van der Waals surface area contributed by atoms with E-state index in [4.69, 9.17) is 4.74 Å². The summed E-state index contributed by atoms with van der Waals surface area (Å²) in [6.07, 6.45) is 6.01. The van der Waals surface area contributed by atoms with Crippen molar-refractivity contribution in [2.45, 2.75) is 64.3 Å². The van der Waals surface area contributed by atoms with E-state index in [-0.39, 0.29) is 24.0 Å². The summed E-state index contributed by atoms with van der Waals surface area (Å²) in [4.78, 5) is 24.0. The number of aryl methyl sites for hydroxylation is 1. The lowest BCUT2D eigenvalue weighted by atomic mass is 9.55. The first-order valence-electron chi connectivity index (χ1n) is 10.5. The fraction of sp³-hybridized carbons (Fsp3) is 0.652. The van der Waals surface area contributed by atoms with Crippen molar-refractivity contribution in [3.05, 3.63) is 34.9 Å². The molecule has 3 aliphatic carbocycles. The van der Waals surface area contributed by atoms with Crippen LogP contribution < -0.4 is 5.32 Å².